The van der Waals surface area contributed by atoms with Crippen LogP contribution >= 0.6 is 23.2 Å². The first-order valence-corrected chi connectivity index (χ1v) is 6.83. The first-order valence-electron chi connectivity index (χ1n) is 6.02. The molecule has 1 unspecified atom stereocenters. The molecule has 2 heteroatoms. The highest BCUT2D eigenvalue weighted by Gasteiger charge is 2.12. The molecule has 0 aliphatic heterocycles. The van der Waals surface area contributed by atoms with Crippen molar-refractivity contribution < 1.29 is 0 Å². The van der Waals surface area contributed by atoms with Crippen molar-refractivity contribution in [1.82, 2.24) is 0 Å². The molecule has 0 nitrogen and oxygen atoms in total. The van der Waals surface area contributed by atoms with Gasteiger partial charge in [-0.1, -0.05) is 53.6 Å². The van der Waals surface area contributed by atoms with Gasteiger partial charge in [0.05, 0.1) is 5.38 Å². The lowest BCUT2D eigenvalue weighted by Crippen LogP contribution is -1.97. The molecule has 2 rings (SSSR count). The average Bonchev–Trinajstić information content (AvgIpc) is 2.32. The summed E-state index contributed by atoms with van der Waals surface area (Å²) in [5.74, 6) is 0. The monoisotopic (exact) mass is 278 g/mol. The van der Waals surface area contributed by atoms with Crippen LogP contribution in [0.15, 0.2) is 42.5 Å². The summed E-state index contributed by atoms with van der Waals surface area (Å²) >= 11 is 12.7. The molecule has 94 valence electrons. The minimum absolute atomic E-state index is 0.0826. The van der Waals surface area contributed by atoms with Crippen LogP contribution in [0, 0.1) is 13.8 Å². The maximum absolute atomic E-state index is 6.45. The minimum atomic E-state index is -0.0826. The second kappa shape index (κ2) is 5.77. The molecule has 0 N–H and O–H groups in total. The largest absolute Gasteiger partial charge is 0.117 e. The quantitative estimate of drug-likeness (QED) is 0.653. The van der Waals surface area contributed by atoms with E-state index in [-0.39, 0.29) is 5.38 Å². The van der Waals surface area contributed by atoms with E-state index in [1.165, 1.54) is 11.1 Å². The Balaban J connectivity index is 2.16. The van der Waals surface area contributed by atoms with Gasteiger partial charge in [0.1, 0.15) is 0 Å². The molecule has 0 aliphatic carbocycles. The van der Waals surface area contributed by atoms with Gasteiger partial charge < -0.3 is 0 Å². The number of hydrogen-bond acceptors (Lipinski definition) is 0. The number of halogens is 2. The smallest absolute Gasteiger partial charge is 0.0640 e. The van der Waals surface area contributed by atoms with Gasteiger partial charge in [0.15, 0.2) is 0 Å². The molecule has 1 atom stereocenters. The summed E-state index contributed by atoms with van der Waals surface area (Å²) in [5, 5.41) is 0.669. The van der Waals surface area contributed by atoms with E-state index in [9.17, 15) is 0 Å². The zero-order valence-corrected chi connectivity index (χ0v) is 12.1. The van der Waals surface area contributed by atoms with E-state index in [0.717, 1.165) is 22.6 Å². The highest BCUT2D eigenvalue weighted by atomic mass is 35.5. The first kappa shape index (κ1) is 13.5. The molecule has 0 bridgehead atoms. The molecule has 0 saturated carbocycles. The summed E-state index contributed by atoms with van der Waals surface area (Å²) in [6, 6.07) is 14.5. The van der Waals surface area contributed by atoms with Crippen LogP contribution in [-0.2, 0) is 6.42 Å². The Morgan fingerprint density at radius 3 is 2.17 bits per heavy atom. The standard InChI is InChI=1S/C16H16Cl2/c1-11-3-6-13(7-4-11)10-16(18)14-8-5-12(2)9-15(14)17/h3-9,16H,10H2,1-2H3. The highest BCUT2D eigenvalue weighted by molar-refractivity contribution is 6.32. The fourth-order valence-corrected chi connectivity index (χ4v) is 2.72. The van der Waals surface area contributed by atoms with Gasteiger partial charge >= 0.3 is 0 Å². The minimum Gasteiger partial charge on any atom is -0.117 e. The predicted octanol–water partition coefficient (Wildman–Crippen LogP) is 5.48. The first-order chi connectivity index (χ1) is 8.56. The van der Waals surface area contributed by atoms with Gasteiger partial charge in [0.25, 0.3) is 0 Å². The van der Waals surface area contributed by atoms with Crippen LogP contribution in [-0.4, -0.2) is 0 Å². The van der Waals surface area contributed by atoms with Crippen molar-refractivity contribution in [3.05, 3.63) is 69.7 Å². The number of rotatable bonds is 3. The molecule has 0 radical (unpaired) electrons. The maximum Gasteiger partial charge on any atom is 0.0640 e. The van der Waals surface area contributed by atoms with Crippen molar-refractivity contribution >= 4 is 23.2 Å². The topological polar surface area (TPSA) is 0 Å². The molecule has 0 amide bonds. The van der Waals surface area contributed by atoms with Gasteiger partial charge in [0, 0.05) is 5.02 Å². The van der Waals surface area contributed by atoms with E-state index in [4.69, 9.17) is 23.2 Å². The van der Waals surface area contributed by atoms with Crippen LogP contribution in [0.2, 0.25) is 5.02 Å². The van der Waals surface area contributed by atoms with E-state index in [0.29, 0.717) is 0 Å². The highest BCUT2D eigenvalue weighted by Crippen LogP contribution is 2.31. The number of alkyl halides is 1. The van der Waals surface area contributed by atoms with Crippen molar-refractivity contribution in [2.75, 3.05) is 0 Å². The van der Waals surface area contributed by atoms with Crippen molar-refractivity contribution in [2.45, 2.75) is 25.6 Å². The summed E-state index contributed by atoms with van der Waals surface area (Å²) in [7, 11) is 0. The number of benzene rings is 2. The normalized spacial score (nSPS) is 12.4. The van der Waals surface area contributed by atoms with Crippen LogP contribution < -0.4 is 0 Å². The fourth-order valence-electron chi connectivity index (χ4n) is 1.93. The number of hydrogen-bond donors (Lipinski definition) is 0. The Morgan fingerprint density at radius 1 is 0.944 bits per heavy atom. The van der Waals surface area contributed by atoms with Gasteiger partial charge in [-0.3, -0.25) is 0 Å². The Morgan fingerprint density at radius 2 is 1.56 bits per heavy atom. The second-order valence-corrected chi connectivity index (χ2v) is 5.62. The zero-order chi connectivity index (χ0) is 13.1. The third-order valence-electron chi connectivity index (χ3n) is 3.03. The van der Waals surface area contributed by atoms with Gasteiger partial charge in [-0.2, -0.15) is 0 Å². The van der Waals surface area contributed by atoms with Gasteiger partial charge in [0.2, 0.25) is 0 Å². The lowest BCUT2D eigenvalue weighted by atomic mass is 10.0. The Kier molecular flexibility index (Phi) is 4.31. The molecule has 0 saturated heterocycles. The summed E-state index contributed by atoms with van der Waals surface area (Å²) in [6.45, 7) is 4.11. The molecule has 0 fully saturated rings. The van der Waals surface area contributed by atoms with E-state index >= 15 is 0 Å². The van der Waals surface area contributed by atoms with E-state index in [1.807, 2.05) is 25.1 Å². The van der Waals surface area contributed by atoms with Crippen LogP contribution in [0.1, 0.15) is 27.6 Å². The zero-order valence-electron chi connectivity index (χ0n) is 10.6. The average molecular weight is 279 g/mol. The van der Waals surface area contributed by atoms with Gasteiger partial charge in [-0.15, -0.1) is 11.6 Å². The summed E-state index contributed by atoms with van der Waals surface area (Å²) in [6.07, 6.45) is 0.796. The molecule has 0 aliphatic rings. The summed E-state index contributed by atoms with van der Waals surface area (Å²) in [5.41, 5.74) is 4.66. The summed E-state index contributed by atoms with van der Waals surface area (Å²) in [4.78, 5) is 0. The lowest BCUT2D eigenvalue weighted by molar-refractivity contribution is 0.918. The van der Waals surface area contributed by atoms with E-state index in [2.05, 4.69) is 31.2 Å². The number of aryl methyl sites for hydroxylation is 2. The summed E-state index contributed by atoms with van der Waals surface area (Å²) < 4.78 is 0. The SMILES string of the molecule is Cc1ccc(CC(Cl)c2ccc(C)cc2Cl)cc1. The van der Waals surface area contributed by atoms with Gasteiger partial charge in [-0.25, -0.2) is 0 Å². The predicted molar refractivity (Wildman–Crippen MR) is 79.7 cm³/mol. The lowest BCUT2D eigenvalue weighted by Gasteiger charge is -2.12. The molecule has 2 aromatic carbocycles. The molecule has 18 heavy (non-hydrogen) atoms. The van der Waals surface area contributed by atoms with Crippen LogP contribution in [0.4, 0.5) is 0 Å². The molecular formula is C16H16Cl2. The van der Waals surface area contributed by atoms with E-state index in [1.54, 1.807) is 0 Å². The van der Waals surface area contributed by atoms with Crippen molar-refractivity contribution in [3.8, 4) is 0 Å². The van der Waals surface area contributed by atoms with Crippen molar-refractivity contribution in [3.63, 3.8) is 0 Å². The molecule has 0 aromatic heterocycles. The maximum atomic E-state index is 6.45. The van der Waals surface area contributed by atoms with E-state index < -0.39 is 0 Å². The Labute approximate surface area is 119 Å². The third-order valence-corrected chi connectivity index (χ3v) is 3.75. The fraction of sp³-hybridized carbons (Fsp3) is 0.250. The van der Waals surface area contributed by atoms with Gasteiger partial charge in [-0.05, 0) is 43.0 Å². The second-order valence-electron chi connectivity index (χ2n) is 4.68. The van der Waals surface area contributed by atoms with Crippen molar-refractivity contribution in [1.29, 1.82) is 0 Å². The Bertz CT molecular complexity index is 529. The molecule has 2 aromatic rings. The Hall–Kier alpha value is -0.980. The molecular weight excluding hydrogens is 263 g/mol. The molecule has 0 heterocycles. The van der Waals surface area contributed by atoms with Crippen LogP contribution in [0.3, 0.4) is 0 Å². The van der Waals surface area contributed by atoms with Crippen LogP contribution in [0.25, 0.3) is 0 Å². The van der Waals surface area contributed by atoms with Crippen molar-refractivity contribution in [2.24, 2.45) is 0 Å². The third kappa shape index (κ3) is 3.28. The van der Waals surface area contributed by atoms with Crippen LogP contribution in [0.5, 0.6) is 0 Å². The molecule has 0 spiro atoms.